The zero-order valence-electron chi connectivity index (χ0n) is 13.7. The van der Waals surface area contributed by atoms with Crippen LogP contribution in [0.25, 0.3) is 0 Å². The highest BCUT2D eigenvalue weighted by Gasteiger charge is 2.47. The van der Waals surface area contributed by atoms with Crippen molar-refractivity contribution in [3.05, 3.63) is 35.4 Å². The average Bonchev–Trinajstić information content (AvgIpc) is 2.57. The normalized spacial score (nSPS) is 22.7. The van der Waals surface area contributed by atoms with Crippen molar-refractivity contribution in [2.24, 2.45) is 11.8 Å². The largest absolute Gasteiger partial charge is 0.469 e. The number of rotatable bonds is 3. The Bertz CT molecular complexity index is 627. The number of benzene rings is 1. The van der Waals surface area contributed by atoms with Crippen molar-refractivity contribution in [1.29, 1.82) is 0 Å². The molecule has 6 nitrogen and oxygen atoms in total. The number of nitrogens with zero attached hydrogens (tertiary/aromatic N) is 1. The minimum atomic E-state index is -0.795. The molecule has 6 heteroatoms. The summed E-state index contributed by atoms with van der Waals surface area (Å²) >= 11 is 0. The highest BCUT2D eigenvalue weighted by molar-refractivity contribution is 5.85. The van der Waals surface area contributed by atoms with Gasteiger partial charge in [0.25, 0.3) is 0 Å². The van der Waals surface area contributed by atoms with Gasteiger partial charge in [0.15, 0.2) is 0 Å². The molecule has 0 saturated carbocycles. The number of ether oxygens (including phenoxy) is 2. The van der Waals surface area contributed by atoms with Crippen LogP contribution in [0.15, 0.2) is 24.3 Å². The fraction of sp³-hybridized carbons (Fsp3) is 0.471. The Hall–Kier alpha value is -2.37. The van der Waals surface area contributed by atoms with Gasteiger partial charge < -0.3 is 14.4 Å². The predicted octanol–water partition coefficient (Wildman–Crippen LogP) is 1.34. The van der Waals surface area contributed by atoms with Gasteiger partial charge in [0, 0.05) is 14.0 Å². The first-order chi connectivity index (χ1) is 10.9. The van der Waals surface area contributed by atoms with Gasteiger partial charge in [-0.1, -0.05) is 24.3 Å². The van der Waals surface area contributed by atoms with Crippen LogP contribution in [0, 0.1) is 11.8 Å². The summed E-state index contributed by atoms with van der Waals surface area (Å²) in [6.07, 6.45) is 0.380. The lowest BCUT2D eigenvalue weighted by Gasteiger charge is -2.40. The summed E-state index contributed by atoms with van der Waals surface area (Å²) in [5.41, 5.74) is 1.79. The molecule has 0 fully saturated rings. The van der Waals surface area contributed by atoms with E-state index in [1.165, 1.54) is 26.0 Å². The molecule has 124 valence electrons. The van der Waals surface area contributed by atoms with Crippen LogP contribution in [0.4, 0.5) is 0 Å². The second-order valence-electron chi connectivity index (χ2n) is 5.66. The molecule has 1 aliphatic rings. The van der Waals surface area contributed by atoms with E-state index in [9.17, 15) is 14.4 Å². The highest BCUT2D eigenvalue weighted by Crippen LogP contribution is 2.42. The molecule has 0 heterocycles. The van der Waals surface area contributed by atoms with Crippen molar-refractivity contribution in [2.45, 2.75) is 19.4 Å². The van der Waals surface area contributed by atoms with E-state index >= 15 is 0 Å². The van der Waals surface area contributed by atoms with Crippen molar-refractivity contribution < 1.29 is 23.9 Å². The van der Waals surface area contributed by atoms with Crippen molar-refractivity contribution >= 4 is 17.8 Å². The fourth-order valence-corrected chi connectivity index (χ4v) is 3.24. The Balaban J connectivity index is 2.61. The summed E-state index contributed by atoms with van der Waals surface area (Å²) in [6, 6.07) is 6.94. The second-order valence-corrected chi connectivity index (χ2v) is 5.66. The quantitative estimate of drug-likeness (QED) is 0.786. The molecule has 0 radical (unpaired) electrons. The summed E-state index contributed by atoms with van der Waals surface area (Å²) in [5.74, 6) is -2.67. The van der Waals surface area contributed by atoms with Crippen molar-refractivity contribution in [3.63, 3.8) is 0 Å². The van der Waals surface area contributed by atoms with Gasteiger partial charge in [0.05, 0.1) is 32.1 Å². The number of carbonyl (C=O) groups is 3. The lowest BCUT2D eigenvalue weighted by atomic mass is 9.72. The van der Waals surface area contributed by atoms with E-state index in [1.807, 2.05) is 24.3 Å². The van der Waals surface area contributed by atoms with Gasteiger partial charge in [-0.3, -0.25) is 14.4 Å². The van der Waals surface area contributed by atoms with Gasteiger partial charge in [-0.2, -0.15) is 0 Å². The van der Waals surface area contributed by atoms with Crippen molar-refractivity contribution in [2.75, 3.05) is 21.3 Å². The minimum Gasteiger partial charge on any atom is -0.469 e. The lowest BCUT2D eigenvalue weighted by molar-refractivity contribution is -0.162. The van der Waals surface area contributed by atoms with Gasteiger partial charge >= 0.3 is 11.9 Å². The molecule has 1 aromatic carbocycles. The lowest BCUT2D eigenvalue weighted by Crippen LogP contribution is -2.47. The third kappa shape index (κ3) is 3.06. The molecule has 0 bridgehead atoms. The zero-order valence-corrected chi connectivity index (χ0v) is 13.7. The van der Waals surface area contributed by atoms with Crippen LogP contribution in [0.5, 0.6) is 0 Å². The van der Waals surface area contributed by atoms with E-state index < -0.39 is 29.8 Å². The molecule has 1 aliphatic carbocycles. The molecule has 0 N–H and O–H groups in total. The maximum Gasteiger partial charge on any atom is 0.312 e. The molecule has 1 aromatic rings. The van der Waals surface area contributed by atoms with E-state index in [1.54, 1.807) is 7.05 Å². The van der Waals surface area contributed by atoms with E-state index in [4.69, 9.17) is 9.47 Å². The minimum absolute atomic E-state index is 0.191. The van der Waals surface area contributed by atoms with E-state index in [0.29, 0.717) is 6.42 Å². The van der Waals surface area contributed by atoms with E-state index in [2.05, 4.69) is 0 Å². The summed E-state index contributed by atoms with van der Waals surface area (Å²) < 4.78 is 9.77. The predicted molar refractivity (Wildman–Crippen MR) is 82.3 cm³/mol. The summed E-state index contributed by atoms with van der Waals surface area (Å²) in [4.78, 5) is 38.0. The summed E-state index contributed by atoms with van der Waals surface area (Å²) in [7, 11) is 4.20. The van der Waals surface area contributed by atoms with Gasteiger partial charge in [-0.05, 0) is 17.5 Å². The number of hydrogen-bond acceptors (Lipinski definition) is 5. The van der Waals surface area contributed by atoms with Crippen LogP contribution in [0.3, 0.4) is 0 Å². The molecular weight excluding hydrogens is 298 g/mol. The SMILES string of the molecule is COC(=O)[C@@H]1[C@H](N(C)C(C)=O)c2ccccc2C[C@H]1C(=O)OC. The maximum absolute atomic E-state index is 12.4. The number of esters is 2. The Morgan fingerprint density at radius 2 is 1.70 bits per heavy atom. The third-order valence-corrected chi connectivity index (χ3v) is 4.48. The first-order valence-electron chi connectivity index (χ1n) is 7.39. The molecule has 0 spiro atoms. The topological polar surface area (TPSA) is 72.9 Å². The molecule has 0 saturated heterocycles. The number of fused-ring (bicyclic) bond motifs is 1. The summed E-state index contributed by atoms with van der Waals surface area (Å²) in [5, 5.41) is 0. The average molecular weight is 319 g/mol. The first-order valence-corrected chi connectivity index (χ1v) is 7.39. The highest BCUT2D eigenvalue weighted by atomic mass is 16.5. The Morgan fingerprint density at radius 1 is 1.09 bits per heavy atom. The third-order valence-electron chi connectivity index (χ3n) is 4.48. The molecule has 23 heavy (non-hydrogen) atoms. The molecule has 0 unspecified atom stereocenters. The van der Waals surface area contributed by atoms with Crippen LogP contribution in [-0.2, 0) is 30.3 Å². The molecule has 3 atom stereocenters. The smallest absolute Gasteiger partial charge is 0.312 e. The molecular formula is C17H21NO5. The molecule has 0 aromatic heterocycles. The van der Waals surface area contributed by atoms with Crippen molar-refractivity contribution in [3.8, 4) is 0 Å². The number of hydrogen-bond donors (Lipinski definition) is 0. The number of carbonyl (C=O) groups excluding carboxylic acids is 3. The maximum atomic E-state index is 12.4. The van der Waals surface area contributed by atoms with Gasteiger partial charge in [-0.25, -0.2) is 0 Å². The second kappa shape index (κ2) is 6.81. The van der Waals surface area contributed by atoms with Crippen LogP contribution in [0.2, 0.25) is 0 Å². The van der Waals surface area contributed by atoms with E-state index in [-0.39, 0.29) is 5.91 Å². The van der Waals surface area contributed by atoms with Crippen LogP contribution >= 0.6 is 0 Å². The Kier molecular flexibility index (Phi) is 5.03. The Morgan fingerprint density at radius 3 is 2.26 bits per heavy atom. The number of methoxy groups -OCH3 is 2. The van der Waals surface area contributed by atoms with Gasteiger partial charge in [-0.15, -0.1) is 0 Å². The number of amides is 1. The summed E-state index contributed by atoms with van der Waals surface area (Å²) in [6.45, 7) is 1.43. The van der Waals surface area contributed by atoms with Gasteiger partial charge in [0.1, 0.15) is 0 Å². The Labute approximate surface area is 135 Å². The fourth-order valence-electron chi connectivity index (χ4n) is 3.24. The zero-order chi connectivity index (χ0) is 17.1. The first kappa shape index (κ1) is 17.0. The van der Waals surface area contributed by atoms with Crippen LogP contribution in [-0.4, -0.2) is 44.0 Å². The standard InChI is InChI=1S/C17H21NO5/c1-10(19)18(2)15-12-8-6-5-7-11(12)9-13(16(20)22-3)14(15)17(21)23-4/h5-8,13-15H,9H2,1-4H3/t13-,14+,15-/m1/s1. The van der Waals surface area contributed by atoms with Gasteiger partial charge in [0.2, 0.25) is 5.91 Å². The van der Waals surface area contributed by atoms with Crippen molar-refractivity contribution in [1.82, 2.24) is 4.90 Å². The van der Waals surface area contributed by atoms with Crippen LogP contribution in [0.1, 0.15) is 24.1 Å². The van der Waals surface area contributed by atoms with E-state index in [0.717, 1.165) is 11.1 Å². The van der Waals surface area contributed by atoms with Crippen LogP contribution < -0.4 is 0 Å². The molecule has 1 amide bonds. The monoisotopic (exact) mass is 319 g/mol. The molecule has 2 rings (SSSR count). The molecule has 0 aliphatic heterocycles.